The summed E-state index contributed by atoms with van der Waals surface area (Å²) in [5, 5.41) is 1.30. The van der Waals surface area contributed by atoms with E-state index in [0.717, 1.165) is 17.1 Å². The summed E-state index contributed by atoms with van der Waals surface area (Å²) in [6.07, 6.45) is 0. The van der Waals surface area contributed by atoms with Crippen LogP contribution in [0, 0.1) is 0 Å². The van der Waals surface area contributed by atoms with E-state index in [2.05, 4.69) is 219 Å². The van der Waals surface area contributed by atoms with E-state index in [0.29, 0.717) is 0 Å². The van der Waals surface area contributed by atoms with Gasteiger partial charge in [-0.1, -0.05) is 160 Å². The molecule has 2 heteroatoms. The van der Waals surface area contributed by atoms with Crippen molar-refractivity contribution in [2.24, 2.45) is 7.05 Å². The van der Waals surface area contributed by atoms with Crippen LogP contribution in [0.2, 0.25) is 0 Å². The van der Waals surface area contributed by atoms with E-state index < -0.39 is 0 Å². The Hall–Kier alpha value is -6.12. The molecule has 0 amide bonds. The normalized spacial score (nSPS) is 11.5. The highest BCUT2D eigenvalue weighted by Crippen LogP contribution is 2.42. The standard InChI is InChI=1S/C49H42N2/c1-49(2,3)48-47(45-17-11-12-18-46(45)50(48)4)41-21-19-37(20-22-41)40-27-33-44(34-28-40)51(42-29-23-38(24-30-42)35-13-7-5-8-14-35)43-31-25-39(26-32-43)36-15-9-6-10-16-36/h5-34H,1-4H3. The van der Waals surface area contributed by atoms with E-state index in [1.807, 2.05) is 0 Å². The summed E-state index contributed by atoms with van der Waals surface area (Å²) in [4.78, 5) is 2.34. The topological polar surface area (TPSA) is 8.17 Å². The second-order valence-electron chi connectivity index (χ2n) is 14.3. The van der Waals surface area contributed by atoms with Crippen LogP contribution >= 0.6 is 0 Å². The van der Waals surface area contributed by atoms with Crippen LogP contribution in [-0.4, -0.2) is 4.57 Å². The third-order valence-corrected chi connectivity index (χ3v) is 9.92. The minimum atomic E-state index is 0.00716. The van der Waals surface area contributed by atoms with E-state index in [-0.39, 0.29) is 5.41 Å². The van der Waals surface area contributed by atoms with Crippen molar-refractivity contribution in [3.8, 4) is 44.5 Å². The van der Waals surface area contributed by atoms with Crippen molar-refractivity contribution >= 4 is 28.0 Å². The molecular formula is C49H42N2. The zero-order chi connectivity index (χ0) is 35.0. The molecule has 0 saturated carbocycles. The number of aryl methyl sites for hydroxylation is 1. The first-order valence-electron chi connectivity index (χ1n) is 17.7. The molecule has 0 aliphatic rings. The zero-order valence-corrected chi connectivity index (χ0v) is 29.7. The minimum absolute atomic E-state index is 0.00716. The molecular weight excluding hydrogens is 617 g/mol. The zero-order valence-electron chi connectivity index (χ0n) is 29.7. The van der Waals surface area contributed by atoms with E-state index in [9.17, 15) is 0 Å². The first kappa shape index (κ1) is 32.1. The molecule has 8 aromatic rings. The Bertz CT molecular complexity index is 2310. The van der Waals surface area contributed by atoms with Gasteiger partial charge in [0, 0.05) is 51.7 Å². The van der Waals surface area contributed by atoms with Gasteiger partial charge in [-0.25, -0.2) is 0 Å². The Labute approximate surface area is 301 Å². The van der Waals surface area contributed by atoms with Crippen LogP contribution < -0.4 is 4.90 Å². The molecule has 0 bridgehead atoms. The molecule has 2 nitrogen and oxygen atoms in total. The highest BCUT2D eigenvalue weighted by Gasteiger charge is 2.26. The van der Waals surface area contributed by atoms with Crippen LogP contribution in [0.1, 0.15) is 26.5 Å². The van der Waals surface area contributed by atoms with E-state index in [1.54, 1.807) is 0 Å². The molecule has 0 radical (unpaired) electrons. The number of fused-ring (bicyclic) bond motifs is 1. The van der Waals surface area contributed by atoms with Crippen molar-refractivity contribution in [3.63, 3.8) is 0 Å². The number of hydrogen-bond acceptors (Lipinski definition) is 1. The Balaban J connectivity index is 1.13. The molecule has 0 unspecified atom stereocenters. The van der Waals surface area contributed by atoms with Gasteiger partial charge >= 0.3 is 0 Å². The van der Waals surface area contributed by atoms with Gasteiger partial charge in [0.15, 0.2) is 0 Å². The molecule has 1 heterocycles. The molecule has 248 valence electrons. The molecule has 0 spiro atoms. The van der Waals surface area contributed by atoms with Crippen LogP contribution in [0.3, 0.4) is 0 Å². The maximum Gasteiger partial charge on any atom is 0.0486 e. The predicted octanol–water partition coefficient (Wildman–Crippen LogP) is 13.6. The minimum Gasteiger partial charge on any atom is -0.347 e. The van der Waals surface area contributed by atoms with Crippen molar-refractivity contribution in [2.45, 2.75) is 26.2 Å². The van der Waals surface area contributed by atoms with Crippen molar-refractivity contribution in [2.75, 3.05) is 4.90 Å². The number of benzene rings is 7. The van der Waals surface area contributed by atoms with Crippen LogP contribution in [0.25, 0.3) is 55.4 Å². The Morgan fingerprint density at radius 3 is 1.12 bits per heavy atom. The van der Waals surface area contributed by atoms with Crippen molar-refractivity contribution < 1.29 is 0 Å². The van der Waals surface area contributed by atoms with Gasteiger partial charge in [-0.05, 0) is 81.4 Å². The van der Waals surface area contributed by atoms with Gasteiger partial charge in [-0.3, -0.25) is 0 Å². The second-order valence-corrected chi connectivity index (χ2v) is 14.3. The van der Waals surface area contributed by atoms with E-state index in [4.69, 9.17) is 0 Å². The van der Waals surface area contributed by atoms with Gasteiger partial charge in [0.2, 0.25) is 0 Å². The highest BCUT2D eigenvalue weighted by atomic mass is 15.1. The molecule has 0 atom stereocenters. The number of nitrogens with zero attached hydrogens (tertiary/aromatic N) is 2. The number of aromatic nitrogens is 1. The molecule has 0 fully saturated rings. The van der Waals surface area contributed by atoms with Crippen LogP contribution in [-0.2, 0) is 12.5 Å². The third kappa shape index (κ3) is 6.26. The molecule has 0 saturated heterocycles. The molecule has 0 aliphatic heterocycles. The number of rotatable bonds is 7. The van der Waals surface area contributed by atoms with Crippen molar-refractivity contribution in [1.29, 1.82) is 0 Å². The molecule has 7 aromatic carbocycles. The van der Waals surface area contributed by atoms with Gasteiger partial charge < -0.3 is 9.47 Å². The lowest BCUT2D eigenvalue weighted by Gasteiger charge is -2.26. The van der Waals surface area contributed by atoms with Crippen LogP contribution in [0.15, 0.2) is 182 Å². The monoisotopic (exact) mass is 658 g/mol. The largest absolute Gasteiger partial charge is 0.347 e. The molecule has 1 aromatic heterocycles. The quantitative estimate of drug-likeness (QED) is 0.165. The van der Waals surface area contributed by atoms with Gasteiger partial charge in [-0.2, -0.15) is 0 Å². The smallest absolute Gasteiger partial charge is 0.0486 e. The van der Waals surface area contributed by atoms with Gasteiger partial charge in [0.05, 0.1) is 0 Å². The fourth-order valence-electron chi connectivity index (χ4n) is 7.51. The summed E-state index contributed by atoms with van der Waals surface area (Å²) in [6.45, 7) is 6.91. The second kappa shape index (κ2) is 13.3. The lowest BCUT2D eigenvalue weighted by atomic mass is 9.86. The molecule has 8 rings (SSSR count). The summed E-state index contributed by atoms with van der Waals surface area (Å²) in [5.74, 6) is 0. The van der Waals surface area contributed by atoms with Crippen molar-refractivity contribution in [3.05, 3.63) is 188 Å². The number of anilines is 3. The molecule has 0 N–H and O–H groups in total. The molecule has 0 aliphatic carbocycles. The summed E-state index contributed by atoms with van der Waals surface area (Å²) < 4.78 is 2.37. The highest BCUT2D eigenvalue weighted by molar-refractivity contribution is 5.99. The first-order chi connectivity index (χ1) is 24.8. The molecule has 51 heavy (non-hydrogen) atoms. The lowest BCUT2D eigenvalue weighted by molar-refractivity contribution is 0.549. The first-order valence-corrected chi connectivity index (χ1v) is 17.7. The Morgan fingerprint density at radius 2 is 0.706 bits per heavy atom. The van der Waals surface area contributed by atoms with Gasteiger partial charge in [-0.15, -0.1) is 0 Å². The summed E-state index contributed by atoms with van der Waals surface area (Å²) in [7, 11) is 2.20. The third-order valence-electron chi connectivity index (χ3n) is 9.92. The average Bonchev–Trinajstić information content (AvgIpc) is 3.49. The van der Waals surface area contributed by atoms with Crippen molar-refractivity contribution in [1.82, 2.24) is 4.57 Å². The maximum atomic E-state index is 2.37. The fourth-order valence-corrected chi connectivity index (χ4v) is 7.51. The summed E-state index contributed by atoms with van der Waals surface area (Å²) >= 11 is 0. The Morgan fingerprint density at radius 1 is 0.373 bits per heavy atom. The fraction of sp³-hybridized carbons (Fsp3) is 0.102. The van der Waals surface area contributed by atoms with E-state index in [1.165, 1.54) is 61.1 Å². The lowest BCUT2D eigenvalue weighted by Crippen LogP contribution is -2.17. The average molecular weight is 659 g/mol. The SMILES string of the molecule is Cn1c(C(C)(C)C)c(-c2ccc(-c3ccc(N(c4ccc(-c5ccccc5)cc4)c4ccc(-c5ccccc5)cc4)cc3)cc2)c2ccccc21. The van der Waals surface area contributed by atoms with Gasteiger partial charge in [0.1, 0.15) is 0 Å². The summed E-state index contributed by atoms with van der Waals surface area (Å²) in [6, 6.07) is 65.7. The number of hydrogen-bond donors (Lipinski definition) is 0. The predicted molar refractivity (Wildman–Crippen MR) is 218 cm³/mol. The number of para-hydroxylation sites is 1. The van der Waals surface area contributed by atoms with Gasteiger partial charge in [0.25, 0.3) is 0 Å². The maximum absolute atomic E-state index is 2.37. The van der Waals surface area contributed by atoms with E-state index >= 15 is 0 Å². The Kier molecular flexibility index (Phi) is 8.37. The van der Waals surface area contributed by atoms with Crippen LogP contribution in [0.5, 0.6) is 0 Å². The summed E-state index contributed by atoms with van der Waals surface area (Å²) in [5.41, 5.74) is 15.8. The van der Waals surface area contributed by atoms with Crippen LogP contribution in [0.4, 0.5) is 17.1 Å².